The van der Waals surface area contributed by atoms with E-state index in [1.54, 1.807) is 31.2 Å². The van der Waals surface area contributed by atoms with E-state index in [9.17, 15) is 20.1 Å². The van der Waals surface area contributed by atoms with Crippen molar-refractivity contribution in [2.45, 2.75) is 13.3 Å². The Kier molecular flexibility index (Phi) is 4.33. The van der Waals surface area contributed by atoms with Crippen molar-refractivity contribution in [2.24, 2.45) is 0 Å². The molecule has 5 nitrogen and oxygen atoms in total. The summed E-state index contributed by atoms with van der Waals surface area (Å²) in [5.41, 5.74) is 1.43. The van der Waals surface area contributed by atoms with Crippen molar-refractivity contribution in [1.29, 1.82) is 0 Å². The molecule has 0 radical (unpaired) electrons. The average Bonchev–Trinajstić information content (AvgIpc) is 2.46. The zero-order valence-electron chi connectivity index (χ0n) is 11.5. The fraction of sp³-hybridized carbons (Fsp3) is 0.188. The molecule has 0 saturated carbocycles. The van der Waals surface area contributed by atoms with Crippen LogP contribution in [0.4, 0.5) is 0 Å². The van der Waals surface area contributed by atoms with Crippen LogP contribution in [0.15, 0.2) is 36.4 Å². The summed E-state index contributed by atoms with van der Waals surface area (Å²) >= 11 is 0. The van der Waals surface area contributed by atoms with Crippen LogP contribution in [0.2, 0.25) is 0 Å². The molecule has 0 aliphatic carbocycles. The normalized spacial score (nSPS) is 10.3. The highest BCUT2D eigenvalue weighted by Crippen LogP contribution is 2.28. The minimum Gasteiger partial charge on any atom is -0.508 e. The third-order valence-electron chi connectivity index (χ3n) is 3.15. The van der Waals surface area contributed by atoms with Gasteiger partial charge < -0.3 is 20.1 Å². The van der Waals surface area contributed by atoms with Gasteiger partial charge in [-0.25, -0.2) is 4.79 Å². The maximum absolute atomic E-state index is 11.8. The molecule has 0 heterocycles. The number of carbonyl (C=O) groups is 1. The molecule has 0 aromatic heterocycles. The van der Waals surface area contributed by atoms with Gasteiger partial charge in [0.15, 0.2) is 11.5 Å². The van der Waals surface area contributed by atoms with Crippen molar-refractivity contribution in [2.75, 3.05) is 6.61 Å². The highest BCUT2D eigenvalue weighted by Gasteiger charge is 2.10. The van der Waals surface area contributed by atoms with Crippen LogP contribution < -0.4 is 0 Å². The largest absolute Gasteiger partial charge is 0.508 e. The van der Waals surface area contributed by atoms with Crippen molar-refractivity contribution in [3.63, 3.8) is 0 Å². The molecule has 2 rings (SSSR count). The number of aromatic hydroxyl groups is 3. The smallest absolute Gasteiger partial charge is 0.338 e. The van der Waals surface area contributed by atoms with Crippen LogP contribution in [-0.2, 0) is 11.2 Å². The summed E-state index contributed by atoms with van der Waals surface area (Å²) in [6.45, 7) is 1.79. The van der Waals surface area contributed by atoms with Crippen LogP contribution in [0, 0.1) is 6.92 Å². The lowest BCUT2D eigenvalue weighted by atomic mass is 10.1. The van der Waals surface area contributed by atoms with Crippen molar-refractivity contribution < 1.29 is 24.9 Å². The van der Waals surface area contributed by atoms with Crippen molar-refractivity contribution in [3.05, 3.63) is 53.1 Å². The quantitative estimate of drug-likeness (QED) is 0.594. The summed E-state index contributed by atoms with van der Waals surface area (Å²) < 4.78 is 5.08. The van der Waals surface area contributed by atoms with E-state index in [0.29, 0.717) is 11.1 Å². The number of rotatable bonds is 4. The van der Waals surface area contributed by atoms with Crippen LogP contribution in [0.5, 0.6) is 17.2 Å². The Morgan fingerprint density at radius 2 is 1.86 bits per heavy atom. The number of aryl methyl sites for hydroxylation is 1. The highest BCUT2D eigenvalue weighted by atomic mass is 16.5. The molecule has 0 bridgehead atoms. The second-order valence-corrected chi connectivity index (χ2v) is 4.67. The molecule has 0 aliphatic heterocycles. The summed E-state index contributed by atoms with van der Waals surface area (Å²) in [4.78, 5) is 11.8. The van der Waals surface area contributed by atoms with E-state index in [1.165, 1.54) is 12.1 Å². The number of carbonyl (C=O) groups excluding carboxylic acids is 1. The van der Waals surface area contributed by atoms with Crippen LogP contribution in [0.25, 0.3) is 0 Å². The van der Waals surface area contributed by atoms with E-state index in [2.05, 4.69) is 0 Å². The van der Waals surface area contributed by atoms with Crippen molar-refractivity contribution >= 4 is 5.97 Å². The number of phenols is 3. The maximum Gasteiger partial charge on any atom is 0.338 e. The van der Waals surface area contributed by atoms with Gasteiger partial charge in [-0.05, 0) is 30.7 Å². The Bertz CT molecular complexity index is 664. The molecule has 0 saturated heterocycles. The zero-order valence-corrected chi connectivity index (χ0v) is 11.5. The maximum atomic E-state index is 11.8. The van der Waals surface area contributed by atoms with Gasteiger partial charge in [0.2, 0.25) is 0 Å². The Labute approximate surface area is 122 Å². The SMILES string of the molecule is Cc1ccc(C(=O)OCCc2cccc(O)c2O)cc1O. The lowest BCUT2D eigenvalue weighted by Crippen LogP contribution is -2.08. The first kappa shape index (κ1) is 14.7. The van der Waals surface area contributed by atoms with Crippen molar-refractivity contribution in [3.8, 4) is 17.2 Å². The first-order chi connectivity index (χ1) is 9.99. The van der Waals surface area contributed by atoms with Gasteiger partial charge in [0.05, 0.1) is 12.2 Å². The van der Waals surface area contributed by atoms with E-state index in [0.717, 1.165) is 0 Å². The molecule has 2 aromatic rings. The first-order valence-electron chi connectivity index (χ1n) is 6.45. The van der Waals surface area contributed by atoms with Gasteiger partial charge >= 0.3 is 5.97 Å². The highest BCUT2D eigenvalue weighted by molar-refractivity contribution is 5.90. The molecule has 0 fully saturated rings. The summed E-state index contributed by atoms with van der Waals surface area (Å²) in [7, 11) is 0. The van der Waals surface area contributed by atoms with Gasteiger partial charge in [0.25, 0.3) is 0 Å². The summed E-state index contributed by atoms with van der Waals surface area (Å²) in [5, 5.41) is 28.5. The molecule has 0 unspecified atom stereocenters. The summed E-state index contributed by atoms with van der Waals surface area (Å²) in [5.74, 6) is -0.927. The standard InChI is InChI=1S/C16H16O5/c1-10-5-6-12(9-14(10)18)16(20)21-8-7-11-3-2-4-13(17)15(11)19/h2-6,9,17-19H,7-8H2,1H3. The molecule has 21 heavy (non-hydrogen) atoms. The number of hydrogen-bond donors (Lipinski definition) is 3. The second-order valence-electron chi connectivity index (χ2n) is 4.67. The molecule has 0 aliphatic rings. The summed E-state index contributed by atoms with van der Waals surface area (Å²) in [6.07, 6.45) is 0.282. The molecular formula is C16H16O5. The minimum absolute atomic E-state index is 0.0371. The zero-order chi connectivity index (χ0) is 15.4. The monoisotopic (exact) mass is 288 g/mol. The van der Waals surface area contributed by atoms with E-state index >= 15 is 0 Å². The van der Waals surface area contributed by atoms with Crippen LogP contribution in [0.3, 0.4) is 0 Å². The Morgan fingerprint density at radius 1 is 1.10 bits per heavy atom. The number of esters is 1. The predicted octanol–water partition coefficient (Wildman–Crippen LogP) is 2.51. The molecule has 110 valence electrons. The van der Waals surface area contributed by atoms with Gasteiger partial charge in [-0.3, -0.25) is 0 Å². The number of benzene rings is 2. The Morgan fingerprint density at radius 3 is 2.57 bits per heavy atom. The van der Waals surface area contributed by atoms with Gasteiger partial charge in [0.1, 0.15) is 5.75 Å². The molecule has 2 aromatic carbocycles. The van der Waals surface area contributed by atoms with Crippen LogP contribution in [0.1, 0.15) is 21.5 Å². The summed E-state index contributed by atoms with van der Waals surface area (Å²) in [6, 6.07) is 9.17. The van der Waals surface area contributed by atoms with E-state index in [-0.39, 0.29) is 35.8 Å². The Hall–Kier alpha value is -2.69. The number of ether oxygens (including phenoxy) is 1. The van der Waals surface area contributed by atoms with Crippen molar-refractivity contribution in [1.82, 2.24) is 0 Å². The Balaban J connectivity index is 1.95. The first-order valence-corrected chi connectivity index (χ1v) is 6.45. The third kappa shape index (κ3) is 3.45. The molecular weight excluding hydrogens is 272 g/mol. The van der Waals surface area contributed by atoms with Gasteiger partial charge in [-0.2, -0.15) is 0 Å². The fourth-order valence-electron chi connectivity index (χ4n) is 1.85. The second kappa shape index (κ2) is 6.17. The number of hydrogen-bond acceptors (Lipinski definition) is 5. The van der Waals surface area contributed by atoms with E-state index < -0.39 is 5.97 Å². The lowest BCUT2D eigenvalue weighted by molar-refractivity contribution is 0.0508. The molecule has 0 atom stereocenters. The van der Waals surface area contributed by atoms with Gasteiger partial charge in [-0.1, -0.05) is 18.2 Å². The van der Waals surface area contributed by atoms with Gasteiger partial charge in [-0.15, -0.1) is 0 Å². The minimum atomic E-state index is -0.551. The van der Waals surface area contributed by atoms with Crippen LogP contribution in [-0.4, -0.2) is 27.9 Å². The molecule has 0 amide bonds. The number of para-hydroxylation sites is 1. The van der Waals surface area contributed by atoms with E-state index in [4.69, 9.17) is 4.74 Å². The van der Waals surface area contributed by atoms with Crippen LogP contribution >= 0.6 is 0 Å². The average molecular weight is 288 g/mol. The topological polar surface area (TPSA) is 87.0 Å². The number of phenolic OH excluding ortho intramolecular Hbond substituents is 3. The van der Waals surface area contributed by atoms with Gasteiger partial charge in [0, 0.05) is 12.0 Å². The van der Waals surface area contributed by atoms with E-state index in [1.807, 2.05) is 0 Å². The molecule has 3 N–H and O–H groups in total. The lowest BCUT2D eigenvalue weighted by Gasteiger charge is -2.08. The third-order valence-corrected chi connectivity index (χ3v) is 3.15. The fourth-order valence-corrected chi connectivity index (χ4v) is 1.85. The predicted molar refractivity (Wildman–Crippen MR) is 76.6 cm³/mol. The molecule has 0 spiro atoms. The molecule has 5 heteroatoms.